The van der Waals surface area contributed by atoms with Crippen LogP contribution in [0.25, 0.3) is 11.0 Å². The number of fused-ring (bicyclic) bond motifs is 1. The number of carbonyl (C=O) groups excluding carboxylic acids is 2. The number of likely N-dealkylation sites (N-methyl/N-ethyl adjacent to an activating group) is 1. The topological polar surface area (TPSA) is 80.1 Å². The van der Waals surface area contributed by atoms with Crippen LogP contribution >= 0.6 is 0 Å². The van der Waals surface area contributed by atoms with E-state index in [0.717, 1.165) is 35.1 Å². The number of anilines is 1. The summed E-state index contributed by atoms with van der Waals surface area (Å²) in [5.41, 5.74) is 4.06. The summed E-state index contributed by atoms with van der Waals surface area (Å²) in [5, 5.41) is 8.01. The molecule has 3 aromatic rings. The molecule has 1 aliphatic rings. The van der Waals surface area contributed by atoms with Crippen LogP contribution in [0.3, 0.4) is 0 Å². The SMILES string of the molecule is Cc1ccc(NC(=O)CN(C)C(=O)c2cc(C3CC3)nc3c2cnn3C(C)C)cc1. The molecule has 7 heteroatoms. The molecule has 0 saturated heterocycles. The molecule has 4 rings (SSSR count). The van der Waals surface area contributed by atoms with E-state index in [4.69, 9.17) is 4.98 Å². The molecule has 2 amide bonds. The highest BCUT2D eigenvalue weighted by Gasteiger charge is 2.29. The first-order valence-corrected chi connectivity index (χ1v) is 10.3. The molecule has 30 heavy (non-hydrogen) atoms. The van der Waals surface area contributed by atoms with Crippen LogP contribution < -0.4 is 5.32 Å². The molecule has 1 fully saturated rings. The molecule has 0 radical (unpaired) electrons. The fourth-order valence-corrected chi connectivity index (χ4v) is 3.51. The van der Waals surface area contributed by atoms with E-state index in [1.54, 1.807) is 13.2 Å². The molecule has 0 bridgehead atoms. The zero-order valence-corrected chi connectivity index (χ0v) is 17.8. The van der Waals surface area contributed by atoms with Crippen LogP contribution in [0.2, 0.25) is 0 Å². The summed E-state index contributed by atoms with van der Waals surface area (Å²) in [6, 6.07) is 9.59. The van der Waals surface area contributed by atoms with Gasteiger partial charge in [0.05, 0.1) is 23.7 Å². The summed E-state index contributed by atoms with van der Waals surface area (Å²) in [4.78, 5) is 31.9. The number of rotatable bonds is 6. The van der Waals surface area contributed by atoms with E-state index in [9.17, 15) is 9.59 Å². The van der Waals surface area contributed by atoms with Gasteiger partial charge < -0.3 is 10.2 Å². The molecule has 2 aromatic heterocycles. The highest BCUT2D eigenvalue weighted by atomic mass is 16.2. The molecular weight excluding hydrogens is 378 g/mol. The molecule has 7 nitrogen and oxygen atoms in total. The van der Waals surface area contributed by atoms with Gasteiger partial charge in [-0.2, -0.15) is 5.10 Å². The van der Waals surface area contributed by atoms with Crippen molar-refractivity contribution in [1.29, 1.82) is 0 Å². The van der Waals surface area contributed by atoms with Gasteiger partial charge >= 0.3 is 0 Å². The minimum absolute atomic E-state index is 0.0341. The molecule has 0 atom stereocenters. The first kappa shape index (κ1) is 20.1. The molecule has 156 valence electrons. The maximum Gasteiger partial charge on any atom is 0.254 e. The Morgan fingerprint density at radius 2 is 1.93 bits per heavy atom. The van der Waals surface area contributed by atoms with E-state index < -0.39 is 0 Å². The van der Waals surface area contributed by atoms with Gasteiger partial charge in [-0.1, -0.05) is 17.7 Å². The van der Waals surface area contributed by atoms with Gasteiger partial charge in [0, 0.05) is 30.4 Å². The lowest BCUT2D eigenvalue weighted by atomic mass is 10.1. The normalized spacial score (nSPS) is 13.6. The monoisotopic (exact) mass is 405 g/mol. The molecule has 1 aliphatic carbocycles. The lowest BCUT2D eigenvalue weighted by Gasteiger charge is -2.18. The number of amides is 2. The Bertz CT molecular complexity index is 1100. The Kier molecular flexibility index (Phi) is 5.28. The molecule has 0 aliphatic heterocycles. The third-order valence-corrected chi connectivity index (χ3v) is 5.36. The van der Waals surface area contributed by atoms with Gasteiger partial charge in [-0.3, -0.25) is 9.59 Å². The van der Waals surface area contributed by atoms with Gasteiger partial charge in [0.2, 0.25) is 5.91 Å². The van der Waals surface area contributed by atoms with Crippen LogP contribution in [-0.2, 0) is 4.79 Å². The lowest BCUT2D eigenvalue weighted by Crippen LogP contribution is -2.35. The minimum Gasteiger partial charge on any atom is -0.332 e. The van der Waals surface area contributed by atoms with Crippen LogP contribution in [0.15, 0.2) is 36.5 Å². The maximum atomic E-state index is 13.2. The third-order valence-electron chi connectivity index (χ3n) is 5.36. The first-order valence-electron chi connectivity index (χ1n) is 10.3. The van der Waals surface area contributed by atoms with Gasteiger partial charge in [0.1, 0.15) is 0 Å². The van der Waals surface area contributed by atoms with Crippen molar-refractivity contribution in [1.82, 2.24) is 19.7 Å². The fraction of sp³-hybridized carbons (Fsp3) is 0.391. The number of nitrogens with one attached hydrogen (secondary N) is 1. The molecular formula is C23H27N5O2. The molecule has 1 aromatic carbocycles. The van der Waals surface area contributed by atoms with E-state index >= 15 is 0 Å². The number of hydrogen-bond donors (Lipinski definition) is 1. The summed E-state index contributed by atoms with van der Waals surface area (Å²) in [6.45, 7) is 6.04. The van der Waals surface area contributed by atoms with Gasteiger partial charge in [0.25, 0.3) is 5.91 Å². The number of aromatic nitrogens is 3. The summed E-state index contributed by atoms with van der Waals surface area (Å²) >= 11 is 0. The second kappa shape index (κ2) is 7.89. The van der Waals surface area contributed by atoms with Crippen molar-refractivity contribution >= 4 is 28.5 Å². The average Bonchev–Trinajstić information content (AvgIpc) is 3.47. The number of carbonyl (C=O) groups is 2. The van der Waals surface area contributed by atoms with E-state index in [1.807, 2.05) is 55.8 Å². The smallest absolute Gasteiger partial charge is 0.254 e. The Labute approximate surface area is 176 Å². The second-order valence-corrected chi connectivity index (χ2v) is 8.36. The molecule has 1 saturated carbocycles. The molecule has 2 heterocycles. The summed E-state index contributed by atoms with van der Waals surface area (Å²) in [6.07, 6.45) is 3.89. The minimum atomic E-state index is -0.236. The Balaban J connectivity index is 1.57. The summed E-state index contributed by atoms with van der Waals surface area (Å²) in [7, 11) is 1.65. The van der Waals surface area contributed by atoms with Crippen LogP contribution in [0.4, 0.5) is 5.69 Å². The highest BCUT2D eigenvalue weighted by molar-refractivity contribution is 6.07. The van der Waals surface area contributed by atoms with Crippen molar-refractivity contribution in [3.8, 4) is 0 Å². The van der Waals surface area contributed by atoms with Crippen LogP contribution in [0, 0.1) is 6.92 Å². The number of hydrogen-bond acceptors (Lipinski definition) is 4. The molecule has 1 N–H and O–H groups in total. The first-order chi connectivity index (χ1) is 14.3. The van der Waals surface area contributed by atoms with Crippen molar-refractivity contribution in [2.75, 3.05) is 18.9 Å². The summed E-state index contributed by atoms with van der Waals surface area (Å²) < 4.78 is 1.85. The van der Waals surface area contributed by atoms with Crippen molar-refractivity contribution in [3.05, 3.63) is 53.3 Å². The van der Waals surface area contributed by atoms with Crippen LogP contribution in [-0.4, -0.2) is 45.1 Å². The third kappa shape index (κ3) is 4.06. The fourth-order valence-electron chi connectivity index (χ4n) is 3.51. The predicted octanol–water partition coefficient (Wildman–Crippen LogP) is 3.91. The molecule has 0 unspecified atom stereocenters. The second-order valence-electron chi connectivity index (χ2n) is 8.36. The van der Waals surface area contributed by atoms with Gasteiger partial charge in [-0.05, 0) is 51.8 Å². The summed E-state index contributed by atoms with van der Waals surface area (Å²) in [5.74, 6) is -0.0291. The Morgan fingerprint density at radius 3 is 2.57 bits per heavy atom. The largest absolute Gasteiger partial charge is 0.332 e. The average molecular weight is 406 g/mol. The van der Waals surface area contributed by atoms with Crippen molar-refractivity contribution in [2.24, 2.45) is 0 Å². The number of benzene rings is 1. The van der Waals surface area contributed by atoms with Gasteiger partial charge in [-0.25, -0.2) is 9.67 Å². The predicted molar refractivity (Wildman–Crippen MR) is 117 cm³/mol. The van der Waals surface area contributed by atoms with E-state index in [2.05, 4.69) is 10.4 Å². The zero-order chi connectivity index (χ0) is 21.4. The number of pyridine rings is 1. The van der Waals surface area contributed by atoms with Crippen LogP contribution in [0.1, 0.15) is 60.3 Å². The van der Waals surface area contributed by atoms with E-state index in [1.165, 1.54) is 4.90 Å². The number of nitrogens with zero attached hydrogens (tertiary/aromatic N) is 4. The van der Waals surface area contributed by atoms with Crippen molar-refractivity contribution in [2.45, 2.75) is 45.6 Å². The standard InChI is InChI=1S/C23H27N5O2/c1-14(2)28-22-19(12-24-28)18(11-20(26-22)16-7-8-16)23(30)27(4)13-21(29)25-17-9-5-15(3)6-10-17/h5-6,9-12,14,16H,7-8,13H2,1-4H3,(H,25,29). The van der Waals surface area contributed by atoms with E-state index in [-0.39, 0.29) is 24.4 Å². The molecule has 0 spiro atoms. The van der Waals surface area contributed by atoms with Crippen molar-refractivity contribution in [3.63, 3.8) is 0 Å². The number of aryl methyl sites for hydroxylation is 1. The quantitative estimate of drug-likeness (QED) is 0.674. The van der Waals surface area contributed by atoms with Gasteiger partial charge in [-0.15, -0.1) is 0 Å². The highest BCUT2D eigenvalue weighted by Crippen LogP contribution is 2.40. The van der Waals surface area contributed by atoms with Crippen LogP contribution in [0.5, 0.6) is 0 Å². The lowest BCUT2D eigenvalue weighted by molar-refractivity contribution is -0.116. The Morgan fingerprint density at radius 1 is 1.23 bits per heavy atom. The van der Waals surface area contributed by atoms with Gasteiger partial charge in [0.15, 0.2) is 5.65 Å². The zero-order valence-electron chi connectivity index (χ0n) is 17.8. The maximum absolute atomic E-state index is 13.2. The van der Waals surface area contributed by atoms with E-state index in [0.29, 0.717) is 17.2 Å². The Hall–Kier alpha value is -3.22. The van der Waals surface area contributed by atoms with Crippen molar-refractivity contribution < 1.29 is 9.59 Å².